The summed E-state index contributed by atoms with van der Waals surface area (Å²) >= 11 is 0. The Morgan fingerprint density at radius 3 is 2.57 bits per heavy atom. The molecule has 2 rings (SSSR count). The minimum absolute atomic E-state index is 0.226. The van der Waals surface area contributed by atoms with Crippen molar-refractivity contribution in [3.8, 4) is 0 Å². The minimum atomic E-state index is -1.16. The average Bonchev–Trinajstić information content (AvgIpc) is 2.72. The van der Waals surface area contributed by atoms with Crippen LogP contribution in [0.1, 0.15) is 47.7 Å². The maximum absolute atomic E-state index is 12.4. The first-order valence-corrected chi connectivity index (χ1v) is 6.76. The molecule has 0 spiro atoms. The van der Waals surface area contributed by atoms with Crippen molar-refractivity contribution >= 4 is 17.8 Å². The third-order valence-corrected chi connectivity index (χ3v) is 3.73. The Hall–Kier alpha value is -2.37. The number of carboxylic acids is 1. The van der Waals surface area contributed by atoms with E-state index in [1.165, 1.54) is 4.90 Å². The van der Waals surface area contributed by atoms with Gasteiger partial charge in [-0.3, -0.25) is 14.4 Å². The number of carbonyl (C=O) groups excluding carboxylic acids is 2. The largest absolute Gasteiger partial charge is 0.481 e. The Kier molecular flexibility index (Phi) is 3.97. The first kappa shape index (κ1) is 15.0. The van der Waals surface area contributed by atoms with Crippen LogP contribution in [0.2, 0.25) is 0 Å². The van der Waals surface area contributed by atoms with Crippen molar-refractivity contribution in [1.29, 1.82) is 0 Å². The summed E-state index contributed by atoms with van der Waals surface area (Å²) in [4.78, 5) is 36.1. The number of nitrogens with two attached hydrogens (primary N) is 1. The van der Waals surface area contributed by atoms with E-state index in [2.05, 4.69) is 0 Å². The molecule has 1 aliphatic rings. The fourth-order valence-corrected chi connectivity index (χ4v) is 2.70. The second-order valence-electron chi connectivity index (χ2n) is 5.48. The molecule has 3 N–H and O–H groups in total. The Bertz CT molecular complexity index is 610. The van der Waals surface area contributed by atoms with Gasteiger partial charge in [-0.2, -0.15) is 0 Å². The van der Waals surface area contributed by atoms with E-state index in [1.54, 1.807) is 12.1 Å². The van der Waals surface area contributed by atoms with E-state index in [4.69, 9.17) is 10.8 Å². The number of nitrogens with zero attached hydrogens (tertiary/aromatic N) is 1. The average molecular weight is 290 g/mol. The lowest BCUT2D eigenvalue weighted by atomic mass is 9.95. The molecule has 21 heavy (non-hydrogen) atoms. The minimum Gasteiger partial charge on any atom is -0.481 e. The molecule has 1 heterocycles. The summed E-state index contributed by atoms with van der Waals surface area (Å²) in [5.41, 5.74) is 7.67. The van der Waals surface area contributed by atoms with E-state index in [0.29, 0.717) is 5.56 Å². The number of carbonyl (C=O) groups is 3. The van der Waals surface area contributed by atoms with Gasteiger partial charge >= 0.3 is 5.97 Å². The second-order valence-corrected chi connectivity index (χ2v) is 5.48. The van der Waals surface area contributed by atoms with Crippen molar-refractivity contribution in [3.63, 3.8) is 0 Å². The zero-order chi connectivity index (χ0) is 15.7. The molecular weight excluding hydrogens is 272 g/mol. The van der Waals surface area contributed by atoms with Gasteiger partial charge in [-0.05, 0) is 23.1 Å². The smallest absolute Gasteiger partial charge is 0.305 e. The first-order chi connectivity index (χ1) is 9.82. The number of hydrogen-bond acceptors (Lipinski definition) is 3. The second kappa shape index (κ2) is 5.55. The van der Waals surface area contributed by atoms with Gasteiger partial charge in [0.05, 0.1) is 6.42 Å². The fraction of sp³-hybridized carbons (Fsp3) is 0.400. The number of carboxylic acid groups (broad SMARTS) is 1. The normalized spacial score (nSPS) is 15.2. The first-order valence-electron chi connectivity index (χ1n) is 6.76. The van der Waals surface area contributed by atoms with Gasteiger partial charge in [0.2, 0.25) is 5.91 Å². The van der Waals surface area contributed by atoms with Crippen molar-refractivity contribution < 1.29 is 19.5 Å². The Balaban J connectivity index is 2.39. The van der Waals surface area contributed by atoms with Crippen LogP contribution in [0.4, 0.5) is 0 Å². The topological polar surface area (TPSA) is 101 Å². The summed E-state index contributed by atoms with van der Waals surface area (Å²) in [6.45, 7) is 4.26. The van der Waals surface area contributed by atoms with Crippen LogP contribution in [0.25, 0.3) is 0 Å². The van der Waals surface area contributed by atoms with Gasteiger partial charge in [-0.25, -0.2) is 0 Å². The summed E-state index contributed by atoms with van der Waals surface area (Å²) in [6, 6.07) is 4.31. The van der Waals surface area contributed by atoms with E-state index in [1.807, 2.05) is 19.9 Å². The molecule has 0 fully saturated rings. The Morgan fingerprint density at radius 2 is 2.05 bits per heavy atom. The molecule has 1 aromatic rings. The predicted molar refractivity (Wildman–Crippen MR) is 75.6 cm³/mol. The summed E-state index contributed by atoms with van der Waals surface area (Å²) in [7, 11) is 0. The highest BCUT2D eigenvalue weighted by molar-refractivity contribution is 6.02. The Morgan fingerprint density at radius 1 is 1.38 bits per heavy atom. The molecule has 0 aliphatic carbocycles. The summed E-state index contributed by atoms with van der Waals surface area (Å²) in [5, 5.41) is 8.89. The third-order valence-electron chi connectivity index (χ3n) is 3.73. The van der Waals surface area contributed by atoms with E-state index in [9.17, 15) is 14.4 Å². The molecule has 6 nitrogen and oxygen atoms in total. The molecule has 1 atom stereocenters. The van der Waals surface area contributed by atoms with Gasteiger partial charge in [0.25, 0.3) is 5.91 Å². The highest BCUT2D eigenvalue weighted by atomic mass is 16.4. The van der Waals surface area contributed by atoms with Crippen molar-refractivity contribution in [1.82, 2.24) is 4.90 Å². The zero-order valence-electron chi connectivity index (χ0n) is 12.0. The van der Waals surface area contributed by atoms with Crippen molar-refractivity contribution in [2.75, 3.05) is 0 Å². The van der Waals surface area contributed by atoms with Gasteiger partial charge in [-0.1, -0.05) is 26.0 Å². The predicted octanol–water partition coefficient (Wildman–Crippen LogP) is 1.09. The van der Waals surface area contributed by atoms with Gasteiger partial charge in [-0.15, -0.1) is 0 Å². The molecule has 0 saturated heterocycles. The van der Waals surface area contributed by atoms with E-state index in [-0.39, 0.29) is 18.4 Å². The summed E-state index contributed by atoms with van der Waals surface area (Å²) in [6.07, 6.45) is -0.480. The van der Waals surface area contributed by atoms with Crippen LogP contribution in [0.5, 0.6) is 0 Å². The number of amides is 2. The molecule has 0 aromatic heterocycles. The number of fused-ring (bicyclic) bond motifs is 1. The summed E-state index contributed by atoms with van der Waals surface area (Å²) in [5.74, 6) is -2.06. The number of rotatable bonds is 5. The zero-order valence-corrected chi connectivity index (χ0v) is 12.0. The van der Waals surface area contributed by atoms with E-state index >= 15 is 0 Å². The lowest BCUT2D eigenvalue weighted by Crippen LogP contribution is -2.46. The standard InChI is InChI=1S/C15H18N2O4/c1-8(2)9-4-3-5-10-11(9)7-17(15(10)21)12(14(16)20)6-13(18)19/h3-5,8,12H,6-7H2,1-2H3,(H2,16,20)(H,18,19). The molecule has 2 amide bonds. The van der Waals surface area contributed by atoms with Gasteiger partial charge in [0, 0.05) is 12.1 Å². The van der Waals surface area contributed by atoms with Crippen molar-refractivity contribution in [3.05, 3.63) is 34.9 Å². The summed E-state index contributed by atoms with van der Waals surface area (Å²) < 4.78 is 0. The maximum atomic E-state index is 12.4. The molecule has 0 bridgehead atoms. The van der Waals surface area contributed by atoms with Crippen LogP contribution < -0.4 is 5.73 Å². The molecular formula is C15H18N2O4. The quantitative estimate of drug-likeness (QED) is 0.847. The van der Waals surface area contributed by atoms with Crippen LogP contribution in [-0.4, -0.2) is 33.8 Å². The molecule has 1 aromatic carbocycles. The van der Waals surface area contributed by atoms with Gasteiger partial charge in [0.15, 0.2) is 0 Å². The lowest BCUT2D eigenvalue weighted by Gasteiger charge is -2.23. The van der Waals surface area contributed by atoms with Crippen LogP contribution >= 0.6 is 0 Å². The highest BCUT2D eigenvalue weighted by Crippen LogP contribution is 2.31. The van der Waals surface area contributed by atoms with Crippen LogP contribution in [0.3, 0.4) is 0 Å². The molecule has 0 radical (unpaired) electrons. The lowest BCUT2D eigenvalue weighted by molar-refractivity contribution is -0.140. The maximum Gasteiger partial charge on any atom is 0.305 e. The third kappa shape index (κ3) is 2.74. The fourth-order valence-electron chi connectivity index (χ4n) is 2.70. The van der Waals surface area contributed by atoms with Crippen LogP contribution in [-0.2, 0) is 16.1 Å². The Labute approximate surface area is 122 Å². The van der Waals surface area contributed by atoms with Gasteiger partial charge in [0.1, 0.15) is 6.04 Å². The number of benzene rings is 1. The van der Waals surface area contributed by atoms with E-state index in [0.717, 1.165) is 11.1 Å². The van der Waals surface area contributed by atoms with E-state index < -0.39 is 24.3 Å². The number of primary amides is 1. The number of hydrogen-bond donors (Lipinski definition) is 2. The molecule has 6 heteroatoms. The van der Waals surface area contributed by atoms with Crippen molar-refractivity contribution in [2.45, 2.75) is 38.8 Å². The van der Waals surface area contributed by atoms with Crippen LogP contribution in [0.15, 0.2) is 18.2 Å². The van der Waals surface area contributed by atoms with Crippen LogP contribution in [0, 0.1) is 0 Å². The number of aliphatic carboxylic acids is 1. The molecule has 0 saturated carbocycles. The van der Waals surface area contributed by atoms with Gasteiger partial charge < -0.3 is 15.7 Å². The van der Waals surface area contributed by atoms with Crippen molar-refractivity contribution in [2.24, 2.45) is 5.73 Å². The SMILES string of the molecule is CC(C)c1cccc2c1CN(C(CC(=O)O)C(N)=O)C2=O. The molecule has 112 valence electrons. The monoisotopic (exact) mass is 290 g/mol. The molecule has 1 unspecified atom stereocenters. The highest BCUT2D eigenvalue weighted by Gasteiger charge is 2.37. The molecule has 1 aliphatic heterocycles.